The van der Waals surface area contributed by atoms with Crippen LogP contribution < -0.4 is 15.4 Å². The number of nitrogens with one attached hydrogen (secondary N) is 2. The van der Waals surface area contributed by atoms with Crippen molar-refractivity contribution in [3.8, 4) is 5.75 Å². The summed E-state index contributed by atoms with van der Waals surface area (Å²) in [5.41, 5.74) is 1.58. The lowest BCUT2D eigenvalue weighted by Crippen LogP contribution is -2.41. The lowest BCUT2D eigenvalue weighted by molar-refractivity contribution is -0.123. The summed E-state index contributed by atoms with van der Waals surface area (Å²) >= 11 is 0. The second-order valence-corrected chi connectivity index (χ2v) is 6.00. The monoisotopic (exact) mass is 380 g/mol. The van der Waals surface area contributed by atoms with Crippen molar-refractivity contribution in [3.05, 3.63) is 65.5 Å². The quantitative estimate of drug-likeness (QED) is 0.674. The smallest absolute Gasteiger partial charge is 0.238 e. The number of hydrogen-bond acceptors (Lipinski definition) is 4. The third-order valence-corrected chi connectivity index (χ3v) is 4.35. The molecule has 5 nitrogen and oxygen atoms in total. The highest BCUT2D eigenvalue weighted by Gasteiger charge is 2.29. The summed E-state index contributed by atoms with van der Waals surface area (Å²) in [6.07, 6.45) is 1.57. The van der Waals surface area contributed by atoms with E-state index in [1.54, 1.807) is 18.2 Å². The molecule has 0 bridgehead atoms. The van der Waals surface area contributed by atoms with Gasteiger partial charge in [-0.05, 0) is 36.6 Å². The molecule has 1 aliphatic heterocycles. The number of carbonyl (C=O) groups is 1. The zero-order chi connectivity index (χ0) is 17.6. The molecule has 0 saturated carbocycles. The van der Waals surface area contributed by atoms with E-state index >= 15 is 0 Å². The molecule has 1 aliphatic rings. The first-order chi connectivity index (χ1) is 12.2. The second-order valence-electron chi connectivity index (χ2n) is 6.00. The molecule has 2 aromatic rings. The maximum Gasteiger partial charge on any atom is 0.238 e. The fraction of sp³-hybridized carbons (Fsp3) is 0.316. The van der Waals surface area contributed by atoms with Gasteiger partial charge in [-0.1, -0.05) is 30.3 Å². The van der Waals surface area contributed by atoms with E-state index in [0.29, 0.717) is 11.3 Å². The van der Waals surface area contributed by atoms with Crippen molar-refractivity contribution in [2.45, 2.75) is 31.5 Å². The third-order valence-electron chi connectivity index (χ3n) is 4.35. The van der Waals surface area contributed by atoms with Crippen LogP contribution in [0.4, 0.5) is 4.39 Å². The van der Waals surface area contributed by atoms with Crippen molar-refractivity contribution < 1.29 is 19.0 Å². The molecular weight excluding hydrogens is 359 g/mol. The van der Waals surface area contributed by atoms with Crippen LogP contribution in [-0.4, -0.2) is 23.8 Å². The average molecular weight is 381 g/mol. The van der Waals surface area contributed by atoms with Crippen LogP contribution in [0, 0.1) is 5.82 Å². The first kappa shape index (κ1) is 20.2. The summed E-state index contributed by atoms with van der Waals surface area (Å²) in [5, 5.41) is 14.4. The molecule has 3 N–H and O–H groups in total. The van der Waals surface area contributed by atoms with E-state index in [0.717, 1.165) is 18.4 Å². The molecule has 0 unspecified atom stereocenters. The molecule has 1 amide bonds. The maximum atomic E-state index is 13.6. The van der Waals surface area contributed by atoms with Crippen LogP contribution in [0.2, 0.25) is 0 Å². The standard InChI is InChI=1S/C19H21FN2O3.ClH/c20-16-4-2-1-3-14(16)11-25-15-7-5-13(6-8-15)17-9-10-18(22-17)19(24)21-12-23;/h1-8,17-18,22-23H,9-12H2,(H,21,24);1H/t17-,18+;/m1./s1. The number of rotatable bonds is 6. The van der Waals surface area contributed by atoms with Crippen LogP contribution in [0.3, 0.4) is 0 Å². The van der Waals surface area contributed by atoms with Crippen LogP contribution in [0.25, 0.3) is 0 Å². The topological polar surface area (TPSA) is 70.6 Å². The molecule has 26 heavy (non-hydrogen) atoms. The van der Waals surface area contributed by atoms with E-state index in [-0.39, 0.29) is 49.6 Å². The highest BCUT2D eigenvalue weighted by molar-refractivity contribution is 5.85. The van der Waals surface area contributed by atoms with Crippen molar-refractivity contribution in [3.63, 3.8) is 0 Å². The fourth-order valence-electron chi connectivity index (χ4n) is 2.99. The van der Waals surface area contributed by atoms with Crippen molar-refractivity contribution in [1.82, 2.24) is 10.6 Å². The summed E-state index contributed by atoms with van der Waals surface area (Å²) in [6, 6.07) is 13.9. The first-order valence-electron chi connectivity index (χ1n) is 8.28. The molecule has 0 aliphatic carbocycles. The van der Waals surface area contributed by atoms with Crippen LogP contribution in [0.5, 0.6) is 5.75 Å². The van der Waals surface area contributed by atoms with E-state index < -0.39 is 0 Å². The maximum absolute atomic E-state index is 13.6. The number of hydrogen-bond donors (Lipinski definition) is 3. The Morgan fingerprint density at radius 1 is 1.19 bits per heavy atom. The van der Waals surface area contributed by atoms with Gasteiger partial charge in [0.1, 0.15) is 24.9 Å². The van der Waals surface area contributed by atoms with E-state index in [4.69, 9.17) is 9.84 Å². The molecular formula is C19H22ClFN2O3. The van der Waals surface area contributed by atoms with E-state index in [1.165, 1.54) is 6.07 Å². The van der Waals surface area contributed by atoms with E-state index in [9.17, 15) is 9.18 Å². The van der Waals surface area contributed by atoms with Gasteiger partial charge in [0.15, 0.2) is 0 Å². The van der Waals surface area contributed by atoms with Crippen LogP contribution in [0.15, 0.2) is 48.5 Å². The van der Waals surface area contributed by atoms with Gasteiger partial charge < -0.3 is 15.2 Å². The molecule has 140 valence electrons. The Balaban J connectivity index is 0.00000243. The predicted molar refractivity (Wildman–Crippen MR) is 98.5 cm³/mol. The fourth-order valence-corrected chi connectivity index (χ4v) is 2.99. The van der Waals surface area contributed by atoms with Crippen LogP contribution >= 0.6 is 12.4 Å². The molecule has 0 radical (unpaired) electrons. The van der Waals surface area contributed by atoms with Crippen LogP contribution in [-0.2, 0) is 11.4 Å². The predicted octanol–water partition coefficient (Wildman–Crippen LogP) is 2.69. The van der Waals surface area contributed by atoms with Crippen molar-refractivity contribution >= 4 is 18.3 Å². The Labute approximate surface area is 158 Å². The van der Waals surface area contributed by atoms with Gasteiger partial charge in [-0.25, -0.2) is 4.39 Å². The first-order valence-corrected chi connectivity index (χ1v) is 8.28. The van der Waals surface area contributed by atoms with E-state index in [2.05, 4.69) is 10.6 Å². The minimum Gasteiger partial charge on any atom is -0.489 e. The molecule has 7 heteroatoms. The Morgan fingerprint density at radius 2 is 1.92 bits per heavy atom. The van der Waals surface area contributed by atoms with Gasteiger partial charge in [0.2, 0.25) is 5.91 Å². The summed E-state index contributed by atoms with van der Waals surface area (Å²) in [4.78, 5) is 11.7. The number of aliphatic hydroxyl groups excluding tert-OH is 1. The number of benzene rings is 2. The zero-order valence-electron chi connectivity index (χ0n) is 14.2. The third kappa shape index (κ3) is 4.94. The van der Waals surface area contributed by atoms with Gasteiger partial charge in [0, 0.05) is 11.6 Å². The molecule has 1 saturated heterocycles. The molecule has 1 fully saturated rings. The molecule has 1 heterocycles. The van der Waals surface area contributed by atoms with Gasteiger partial charge in [0.05, 0.1) is 6.04 Å². The Hall–Kier alpha value is -2.15. The number of halogens is 2. The molecule has 3 rings (SSSR count). The molecule has 0 aromatic heterocycles. The summed E-state index contributed by atoms with van der Waals surface area (Å²) < 4.78 is 19.2. The minimum atomic E-state index is -0.351. The number of carbonyl (C=O) groups excluding carboxylic acids is 1. The van der Waals surface area contributed by atoms with Gasteiger partial charge in [0.25, 0.3) is 0 Å². The normalized spacial score (nSPS) is 18.8. The minimum absolute atomic E-state index is 0. The van der Waals surface area contributed by atoms with Gasteiger partial charge in [-0.3, -0.25) is 10.1 Å². The lowest BCUT2D eigenvalue weighted by Gasteiger charge is -2.15. The van der Waals surface area contributed by atoms with Gasteiger partial charge in [-0.15, -0.1) is 12.4 Å². The Morgan fingerprint density at radius 3 is 2.62 bits per heavy atom. The van der Waals surface area contributed by atoms with Crippen LogP contribution in [0.1, 0.15) is 30.0 Å². The largest absolute Gasteiger partial charge is 0.489 e. The summed E-state index contributed by atoms with van der Waals surface area (Å²) in [7, 11) is 0. The SMILES string of the molecule is Cl.O=C(NCO)[C@@H]1CC[C@H](c2ccc(OCc3ccccc3F)cc2)N1. The summed E-state index contributed by atoms with van der Waals surface area (Å²) in [5.74, 6) is 0.205. The van der Waals surface area contributed by atoms with E-state index in [1.807, 2.05) is 24.3 Å². The Bertz CT molecular complexity index is 727. The zero-order valence-corrected chi connectivity index (χ0v) is 15.0. The highest BCUT2D eigenvalue weighted by atomic mass is 35.5. The Kier molecular flexibility index (Phi) is 7.38. The van der Waals surface area contributed by atoms with Crippen molar-refractivity contribution in [1.29, 1.82) is 0 Å². The lowest BCUT2D eigenvalue weighted by atomic mass is 10.1. The van der Waals surface area contributed by atoms with Gasteiger partial charge >= 0.3 is 0 Å². The number of aliphatic hydroxyl groups is 1. The number of amides is 1. The second kappa shape index (κ2) is 9.52. The molecule has 2 aromatic carbocycles. The van der Waals surface area contributed by atoms with Gasteiger partial charge in [-0.2, -0.15) is 0 Å². The van der Waals surface area contributed by atoms with Crippen molar-refractivity contribution in [2.75, 3.05) is 6.73 Å². The molecule has 0 spiro atoms. The molecule has 2 atom stereocenters. The average Bonchev–Trinajstić information content (AvgIpc) is 3.12. The highest BCUT2D eigenvalue weighted by Crippen LogP contribution is 2.28. The number of ether oxygens (including phenoxy) is 1. The van der Waals surface area contributed by atoms with Crippen molar-refractivity contribution in [2.24, 2.45) is 0 Å². The summed E-state index contributed by atoms with van der Waals surface area (Å²) in [6.45, 7) is -0.174.